The average molecular weight is 560 g/mol. The van der Waals surface area contributed by atoms with Crippen LogP contribution in [-0.4, -0.2) is 78.2 Å². The number of anilines is 1. The Morgan fingerprint density at radius 1 is 1.05 bits per heavy atom. The highest BCUT2D eigenvalue weighted by molar-refractivity contribution is 6.23. The Morgan fingerprint density at radius 2 is 1.78 bits per heavy atom. The molecule has 2 aliphatic heterocycles. The van der Waals surface area contributed by atoms with Gasteiger partial charge in [-0.25, -0.2) is 0 Å². The maximum atomic E-state index is 13.5. The molecule has 0 unspecified atom stereocenters. The van der Waals surface area contributed by atoms with Crippen LogP contribution in [0.1, 0.15) is 50.4 Å². The number of rotatable bonds is 9. The van der Waals surface area contributed by atoms with Crippen LogP contribution in [0.15, 0.2) is 42.6 Å². The monoisotopic (exact) mass is 559 g/mol. The number of carbonyl (C=O) groups is 3. The van der Waals surface area contributed by atoms with Gasteiger partial charge in [0.2, 0.25) is 5.91 Å². The van der Waals surface area contributed by atoms with Crippen molar-refractivity contribution in [3.05, 3.63) is 70.5 Å². The number of amides is 3. The van der Waals surface area contributed by atoms with Gasteiger partial charge in [0.25, 0.3) is 11.8 Å². The summed E-state index contributed by atoms with van der Waals surface area (Å²) in [4.78, 5) is 45.2. The summed E-state index contributed by atoms with van der Waals surface area (Å²) >= 11 is 0. The lowest BCUT2D eigenvalue weighted by molar-refractivity contribution is -0.134. The Kier molecular flexibility index (Phi) is 8.01. The van der Waals surface area contributed by atoms with Gasteiger partial charge in [-0.3, -0.25) is 24.0 Å². The first-order valence-electron chi connectivity index (χ1n) is 13.9. The number of fused-ring (bicyclic) bond motifs is 1. The van der Waals surface area contributed by atoms with Gasteiger partial charge >= 0.3 is 0 Å². The van der Waals surface area contributed by atoms with E-state index in [1.807, 2.05) is 57.5 Å². The van der Waals surface area contributed by atoms with Crippen LogP contribution in [0.4, 0.5) is 5.69 Å². The van der Waals surface area contributed by atoms with Crippen LogP contribution in [0.25, 0.3) is 0 Å². The smallest absolute Gasteiger partial charge is 0.263 e. The summed E-state index contributed by atoms with van der Waals surface area (Å²) in [6.45, 7) is 3.94. The zero-order valence-corrected chi connectivity index (χ0v) is 24.3. The molecule has 5 rings (SSSR count). The minimum atomic E-state index is -0.281. The van der Waals surface area contributed by atoms with Gasteiger partial charge in [0.05, 0.1) is 43.3 Å². The Balaban J connectivity index is 1.21. The molecule has 0 radical (unpaired) electrons. The Bertz CT molecular complexity index is 1470. The summed E-state index contributed by atoms with van der Waals surface area (Å²) in [7, 11) is 6.89. The van der Waals surface area contributed by atoms with E-state index in [2.05, 4.69) is 10.00 Å². The molecule has 0 atom stereocenters. The van der Waals surface area contributed by atoms with Crippen LogP contribution >= 0.6 is 0 Å². The molecule has 10 nitrogen and oxygen atoms in total. The van der Waals surface area contributed by atoms with E-state index in [0.717, 1.165) is 22.5 Å². The molecule has 3 amide bonds. The number of ether oxygens (including phenoxy) is 2. The number of likely N-dealkylation sites (N-methyl/N-ethyl adjacent to an activating group) is 1. The Morgan fingerprint density at radius 3 is 2.44 bits per heavy atom. The Labute approximate surface area is 240 Å². The number of piperidine rings is 1. The molecule has 0 aliphatic carbocycles. The van der Waals surface area contributed by atoms with E-state index in [1.165, 1.54) is 4.90 Å². The normalized spacial score (nSPS) is 15.3. The standard InChI is InChI=1S/C31H37N5O5/c1-20-23(18-34(3)32-20)19-36-30(38)24-7-6-8-25(28(24)31(36)39)35-15-12-22(13-16-35)29(37)33(2)14-11-21-9-10-26(40-4)27(17-21)41-5/h6-10,17-18,22H,11-16,19H2,1-5H3. The lowest BCUT2D eigenvalue weighted by atomic mass is 9.94. The minimum Gasteiger partial charge on any atom is -0.493 e. The largest absolute Gasteiger partial charge is 0.493 e. The highest BCUT2D eigenvalue weighted by Crippen LogP contribution is 2.35. The van der Waals surface area contributed by atoms with Crippen LogP contribution in [0.2, 0.25) is 0 Å². The number of aryl methyl sites for hydroxylation is 2. The number of aromatic nitrogens is 2. The zero-order valence-electron chi connectivity index (χ0n) is 24.3. The fourth-order valence-electron chi connectivity index (χ4n) is 5.82. The van der Waals surface area contributed by atoms with Gasteiger partial charge in [-0.1, -0.05) is 12.1 Å². The third-order valence-corrected chi connectivity index (χ3v) is 8.17. The zero-order chi connectivity index (χ0) is 29.3. The van der Waals surface area contributed by atoms with Crippen LogP contribution in [0.5, 0.6) is 11.5 Å². The summed E-state index contributed by atoms with van der Waals surface area (Å²) < 4.78 is 12.4. The summed E-state index contributed by atoms with van der Waals surface area (Å²) in [5.74, 6) is 0.842. The predicted molar refractivity (Wildman–Crippen MR) is 154 cm³/mol. The van der Waals surface area contributed by atoms with Crippen LogP contribution in [0, 0.1) is 12.8 Å². The van der Waals surface area contributed by atoms with Gasteiger partial charge in [-0.05, 0) is 56.0 Å². The molecule has 1 aromatic heterocycles. The van der Waals surface area contributed by atoms with Crippen LogP contribution in [0.3, 0.4) is 0 Å². The minimum absolute atomic E-state index is 0.0826. The molecule has 0 saturated carbocycles. The van der Waals surface area contributed by atoms with Crippen molar-refractivity contribution in [3.63, 3.8) is 0 Å². The quantitative estimate of drug-likeness (QED) is 0.371. The molecule has 1 fully saturated rings. The summed E-state index contributed by atoms with van der Waals surface area (Å²) in [6.07, 6.45) is 3.92. The molecule has 3 heterocycles. The third-order valence-electron chi connectivity index (χ3n) is 8.17. The molecule has 216 valence electrons. The van der Waals surface area contributed by atoms with Crippen molar-refractivity contribution in [3.8, 4) is 11.5 Å². The molecule has 2 aromatic carbocycles. The molecule has 0 spiro atoms. The van der Waals surface area contributed by atoms with Crippen molar-refractivity contribution >= 4 is 23.4 Å². The first kappa shape index (κ1) is 28.2. The van der Waals surface area contributed by atoms with Crippen molar-refractivity contribution in [1.82, 2.24) is 19.6 Å². The number of benzene rings is 2. The number of methoxy groups -OCH3 is 2. The first-order valence-corrected chi connectivity index (χ1v) is 13.9. The highest BCUT2D eigenvalue weighted by atomic mass is 16.5. The molecule has 0 N–H and O–H groups in total. The van der Waals surface area contributed by atoms with E-state index in [1.54, 1.807) is 29.9 Å². The van der Waals surface area contributed by atoms with Gasteiger partial charge in [0, 0.05) is 51.4 Å². The molecular weight excluding hydrogens is 522 g/mol. The first-order chi connectivity index (χ1) is 19.7. The van der Waals surface area contributed by atoms with Crippen LogP contribution < -0.4 is 14.4 Å². The highest BCUT2D eigenvalue weighted by Gasteiger charge is 2.39. The summed E-state index contributed by atoms with van der Waals surface area (Å²) in [5, 5.41) is 4.34. The lowest BCUT2D eigenvalue weighted by Gasteiger charge is -2.35. The maximum Gasteiger partial charge on any atom is 0.263 e. The summed E-state index contributed by atoms with van der Waals surface area (Å²) in [5.41, 5.74) is 4.36. The van der Waals surface area contributed by atoms with Crippen molar-refractivity contribution < 1.29 is 23.9 Å². The van der Waals surface area contributed by atoms with Crippen molar-refractivity contribution in [2.24, 2.45) is 13.0 Å². The molecule has 1 saturated heterocycles. The molecule has 2 aliphatic rings. The van der Waals surface area contributed by atoms with E-state index in [9.17, 15) is 14.4 Å². The van der Waals surface area contributed by atoms with E-state index in [-0.39, 0.29) is 30.2 Å². The molecular formula is C31H37N5O5. The fraction of sp³-hybridized carbons (Fsp3) is 0.419. The SMILES string of the molecule is COc1ccc(CCN(C)C(=O)C2CCN(c3cccc4c3C(=O)N(Cc3cn(C)nc3C)C4=O)CC2)cc1OC. The van der Waals surface area contributed by atoms with Gasteiger partial charge in [-0.15, -0.1) is 0 Å². The van der Waals surface area contributed by atoms with E-state index < -0.39 is 0 Å². The third kappa shape index (κ3) is 5.51. The topological polar surface area (TPSA) is 97.2 Å². The van der Waals surface area contributed by atoms with Gasteiger partial charge in [-0.2, -0.15) is 5.10 Å². The summed E-state index contributed by atoms with van der Waals surface area (Å²) in [6, 6.07) is 11.3. The molecule has 41 heavy (non-hydrogen) atoms. The number of carbonyl (C=O) groups excluding carboxylic acids is 3. The molecule has 10 heteroatoms. The number of nitrogens with zero attached hydrogens (tertiary/aromatic N) is 5. The molecule has 0 bridgehead atoms. The second-order valence-corrected chi connectivity index (χ2v) is 10.8. The van der Waals surface area contributed by atoms with Gasteiger partial charge in [0.15, 0.2) is 11.5 Å². The number of hydrogen-bond acceptors (Lipinski definition) is 7. The van der Waals surface area contributed by atoms with Gasteiger partial charge in [0.1, 0.15) is 0 Å². The van der Waals surface area contributed by atoms with E-state index >= 15 is 0 Å². The van der Waals surface area contributed by atoms with E-state index in [0.29, 0.717) is 61.5 Å². The Hall–Kier alpha value is -4.34. The number of imide groups is 1. The van der Waals surface area contributed by atoms with Gasteiger partial charge < -0.3 is 19.3 Å². The average Bonchev–Trinajstić information content (AvgIpc) is 3.44. The second kappa shape index (κ2) is 11.6. The molecule has 3 aromatic rings. The number of hydrogen-bond donors (Lipinski definition) is 0. The van der Waals surface area contributed by atoms with Crippen molar-refractivity contribution in [2.45, 2.75) is 32.7 Å². The predicted octanol–water partition coefficient (Wildman–Crippen LogP) is 3.46. The van der Waals surface area contributed by atoms with Crippen LogP contribution in [-0.2, 0) is 24.8 Å². The second-order valence-electron chi connectivity index (χ2n) is 10.8. The fourth-order valence-corrected chi connectivity index (χ4v) is 5.82. The van der Waals surface area contributed by atoms with E-state index in [4.69, 9.17) is 9.47 Å². The van der Waals surface area contributed by atoms with Crippen molar-refractivity contribution in [1.29, 1.82) is 0 Å². The maximum absolute atomic E-state index is 13.5. The van der Waals surface area contributed by atoms with Crippen molar-refractivity contribution in [2.75, 3.05) is 45.8 Å². The lowest BCUT2D eigenvalue weighted by Crippen LogP contribution is -2.42.